The molecule has 0 saturated heterocycles. The summed E-state index contributed by atoms with van der Waals surface area (Å²) in [7, 11) is 0. The molecule has 18 heavy (non-hydrogen) atoms. The molecular formula is C13H13N5. The topological polar surface area (TPSA) is 58.0 Å². The van der Waals surface area contributed by atoms with Gasteiger partial charge in [-0.3, -0.25) is 5.10 Å². The summed E-state index contributed by atoms with van der Waals surface area (Å²) in [5.41, 5.74) is 5.69. The molecule has 0 spiro atoms. The molecule has 0 bridgehead atoms. The largest absolute Gasteiger partial charge is 0.312 e. The monoisotopic (exact) mass is 239 g/mol. The van der Waals surface area contributed by atoms with Crippen LogP contribution in [0.1, 0.15) is 11.3 Å². The zero-order chi connectivity index (χ0) is 11.9. The van der Waals surface area contributed by atoms with E-state index in [0.29, 0.717) is 0 Å². The van der Waals surface area contributed by atoms with Crippen LogP contribution >= 0.6 is 0 Å². The number of rotatable bonds is 1. The average Bonchev–Trinajstić information content (AvgIpc) is 3.04. The minimum atomic E-state index is 0.892. The van der Waals surface area contributed by atoms with Crippen molar-refractivity contribution in [2.24, 2.45) is 0 Å². The molecule has 0 aromatic carbocycles. The van der Waals surface area contributed by atoms with E-state index in [1.807, 2.05) is 16.7 Å². The maximum Gasteiger partial charge on any atom is 0.136 e. The summed E-state index contributed by atoms with van der Waals surface area (Å²) in [6.07, 6.45) is 6.86. The minimum absolute atomic E-state index is 0.892. The van der Waals surface area contributed by atoms with Gasteiger partial charge in [-0.25, -0.2) is 4.98 Å². The fourth-order valence-corrected chi connectivity index (χ4v) is 2.52. The number of nitrogens with zero attached hydrogens (tertiary/aromatic N) is 3. The van der Waals surface area contributed by atoms with E-state index in [-0.39, 0.29) is 0 Å². The van der Waals surface area contributed by atoms with Gasteiger partial charge in [-0.1, -0.05) is 0 Å². The molecule has 0 radical (unpaired) electrons. The highest BCUT2D eigenvalue weighted by molar-refractivity contribution is 5.65. The summed E-state index contributed by atoms with van der Waals surface area (Å²) in [6.45, 7) is 1.92. The Morgan fingerprint density at radius 2 is 2.28 bits per heavy atom. The van der Waals surface area contributed by atoms with Crippen LogP contribution < -0.4 is 5.32 Å². The molecule has 90 valence electrons. The van der Waals surface area contributed by atoms with E-state index < -0.39 is 0 Å². The molecule has 2 N–H and O–H groups in total. The second-order valence-corrected chi connectivity index (χ2v) is 4.57. The van der Waals surface area contributed by atoms with Crippen LogP contribution in [0.4, 0.5) is 0 Å². The number of aromatic nitrogens is 4. The summed E-state index contributed by atoms with van der Waals surface area (Å²) >= 11 is 0. The van der Waals surface area contributed by atoms with Gasteiger partial charge in [0.1, 0.15) is 5.65 Å². The Hall–Kier alpha value is -2.14. The molecule has 3 aromatic heterocycles. The highest BCUT2D eigenvalue weighted by Gasteiger charge is 2.17. The van der Waals surface area contributed by atoms with Gasteiger partial charge >= 0.3 is 0 Å². The van der Waals surface area contributed by atoms with Gasteiger partial charge in [-0.05, 0) is 12.1 Å². The quantitative estimate of drug-likeness (QED) is 0.674. The second kappa shape index (κ2) is 3.68. The Balaban J connectivity index is 1.88. The summed E-state index contributed by atoms with van der Waals surface area (Å²) in [6, 6.07) is 4.10. The maximum atomic E-state index is 4.46. The van der Waals surface area contributed by atoms with E-state index in [1.54, 1.807) is 6.20 Å². The lowest BCUT2D eigenvalue weighted by Gasteiger charge is -2.13. The number of fused-ring (bicyclic) bond motifs is 2. The molecule has 5 heteroatoms. The van der Waals surface area contributed by atoms with E-state index >= 15 is 0 Å². The van der Waals surface area contributed by atoms with Gasteiger partial charge in [0.05, 0.1) is 5.69 Å². The lowest BCUT2D eigenvalue weighted by atomic mass is 10.0. The van der Waals surface area contributed by atoms with Crippen molar-refractivity contribution in [3.8, 4) is 11.3 Å². The fourth-order valence-electron chi connectivity index (χ4n) is 2.52. The van der Waals surface area contributed by atoms with Crippen LogP contribution in [0.3, 0.4) is 0 Å². The zero-order valence-electron chi connectivity index (χ0n) is 9.85. The van der Waals surface area contributed by atoms with E-state index in [1.165, 1.54) is 11.3 Å². The summed E-state index contributed by atoms with van der Waals surface area (Å²) in [5.74, 6) is 0. The summed E-state index contributed by atoms with van der Waals surface area (Å²) in [4.78, 5) is 4.25. The zero-order valence-corrected chi connectivity index (χ0v) is 9.85. The van der Waals surface area contributed by atoms with Crippen LogP contribution in [-0.2, 0) is 13.0 Å². The number of H-pyrrole nitrogens is 1. The van der Waals surface area contributed by atoms with Crippen molar-refractivity contribution in [3.05, 3.63) is 42.0 Å². The average molecular weight is 239 g/mol. The number of hydrogen-bond acceptors (Lipinski definition) is 3. The molecule has 1 aliphatic heterocycles. The number of pyridine rings is 1. The molecular weight excluding hydrogens is 226 g/mol. The van der Waals surface area contributed by atoms with Crippen LogP contribution in [0.15, 0.2) is 30.7 Å². The van der Waals surface area contributed by atoms with Crippen molar-refractivity contribution in [3.63, 3.8) is 0 Å². The SMILES string of the molecule is c1cn2cc(-c3n[nH]c4c3CNCC4)ccc2n1. The number of aromatic amines is 1. The van der Waals surface area contributed by atoms with Crippen molar-refractivity contribution < 1.29 is 0 Å². The molecule has 0 aliphatic carbocycles. The normalized spacial score (nSPS) is 14.9. The Kier molecular flexibility index (Phi) is 2.01. The Morgan fingerprint density at radius 1 is 1.28 bits per heavy atom. The third kappa shape index (κ3) is 1.37. The first-order chi connectivity index (χ1) is 8.92. The van der Waals surface area contributed by atoms with Gasteiger partial charge in [-0.2, -0.15) is 5.10 Å². The van der Waals surface area contributed by atoms with Crippen LogP contribution in [0.2, 0.25) is 0 Å². The molecule has 1 aliphatic rings. The molecule has 0 fully saturated rings. The third-order valence-corrected chi connectivity index (χ3v) is 3.47. The van der Waals surface area contributed by atoms with Crippen LogP contribution in [0.5, 0.6) is 0 Å². The predicted molar refractivity (Wildman–Crippen MR) is 68.2 cm³/mol. The van der Waals surface area contributed by atoms with E-state index in [0.717, 1.165) is 36.4 Å². The Morgan fingerprint density at radius 3 is 3.28 bits per heavy atom. The van der Waals surface area contributed by atoms with Gasteiger partial charge in [0.2, 0.25) is 0 Å². The first-order valence-electron chi connectivity index (χ1n) is 6.12. The van der Waals surface area contributed by atoms with Crippen molar-refractivity contribution in [2.75, 3.05) is 6.54 Å². The highest BCUT2D eigenvalue weighted by Crippen LogP contribution is 2.25. The minimum Gasteiger partial charge on any atom is -0.312 e. The molecule has 0 saturated carbocycles. The molecule has 0 atom stereocenters. The van der Waals surface area contributed by atoms with E-state index in [9.17, 15) is 0 Å². The standard InChI is InChI=1S/C13H13N5/c1-2-12-15-5-6-18(12)8-9(1)13-10-7-14-4-3-11(10)16-17-13/h1-2,5-6,8,14H,3-4,7H2,(H,16,17). The predicted octanol–water partition coefficient (Wildman–Crippen LogP) is 1.37. The molecule has 4 heterocycles. The number of hydrogen-bond donors (Lipinski definition) is 2. The summed E-state index contributed by atoms with van der Waals surface area (Å²) < 4.78 is 2.02. The lowest BCUT2D eigenvalue weighted by molar-refractivity contribution is 0.637. The van der Waals surface area contributed by atoms with Crippen molar-refractivity contribution in [1.29, 1.82) is 0 Å². The Labute approximate surface area is 104 Å². The van der Waals surface area contributed by atoms with Crippen LogP contribution in [-0.4, -0.2) is 26.1 Å². The fraction of sp³-hybridized carbons (Fsp3) is 0.231. The number of nitrogens with one attached hydrogen (secondary N) is 2. The molecule has 0 unspecified atom stereocenters. The molecule has 0 amide bonds. The molecule has 4 rings (SSSR count). The van der Waals surface area contributed by atoms with Crippen molar-refractivity contribution in [1.82, 2.24) is 24.9 Å². The lowest BCUT2D eigenvalue weighted by Crippen LogP contribution is -2.23. The molecule has 5 nitrogen and oxygen atoms in total. The van der Waals surface area contributed by atoms with Gasteiger partial charge in [0.25, 0.3) is 0 Å². The smallest absolute Gasteiger partial charge is 0.136 e. The first kappa shape index (κ1) is 9.85. The van der Waals surface area contributed by atoms with Crippen molar-refractivity contribution in [2.45, 2.75) is 13.0 Å². The maximum absolute atomic E-state index is 4.46. The summed E-state index contributed by atoms with van der Waals surface area (Å²) in [5, 5.41) is 11.0. The molecule has 3 aromatic rings. The van der Waals surface area contributed by atoms with Gasteiger partial charge in [0.15, 0.2) is 0 Å². The highest BCUT2D eigenvalue weighted by atomic mass is 15.1. The third-order valence-electron chi connectivity index (χ3n) is 3.47. The van der Waals surface area contributed by atoms with Crippen molar-refractivity contribution >= 4 is 5.65 Å². The van der Waals surface area contributed by atoms with Crippen LogP contribution in [0.25, 0.3) is 16.9 Å². The van der Waals surface area contributed by atoms with Gasteiger partial charge in [0, 0.05) is 54.9 Å². The van der Waals surface area contributed by atoms with E-state index in [2.05, 4.69) is 32.8 Å². The Bertz CT molecular complexity index is 709. The second-order valence-electron chi connectivity index (χ2n) is 4.57. The van der Waals surface area contributed by atoms with Gasteiger partial charge < -0.3 is 9.72 Å². The van der Waals surface area contributed by atoms with E-state index in [4.69, 9.17) is 0 Å². The first-order valence-corrected chi connectivity index (χ1v) is 6.12. The van der Waals surface area contributed by atoms with Crippen LogP contribution in [0, 0.1) is 0 Å². The number of imidazole rings is 1. The van der Waals surface area contributed by atoms with Gasteiger partial charge in [-0.15, -0.1) is 0 Å².